The number of benzene rings is 2. The first kappa shape index (κ1) is 15.5. The van der Waals surface area contributed by atoms with Crippen LogP contribution in [0.5, 0.6) is 0 Å². The van der Waals surface area contributed by atoms with Crippen LogP contribution in [-0.4, -0.2) is 16.9 Å². The number of rotatable bonds is 5. The molecule has 1 atom stereocenters. The summed E-state index contributed by atoms with van der Waals surface area (Å²) in [6.45, 7) is 5.03. The molecular weight excluding hydrogens is 284 g/mol. The summed E-state index contributed by atoms with van der Waals surface area (Å²) in [6, 6.07) is 19.0. The van der Waals surface area contributed by atoms with Crippen molar-refractivity contribution in [3.63, 3.8) is 0 Å². The minimum Gasteiger partial charge on any atom is -0.444 e. The van der Waals surface area contributed by atoms with Crippen LogP contribution >= 0.6 is 0 Å². The molecule has 2 aromatic carbocycles. The molecule has 1 heterocycles. The van der Waals surface area contributed by atoms with E-state index < -0.39 is 0 Å². The molecule has 3 heteroatoms. The fourth-order valence-electron chi connectivity index (χ4n) is 2.69. The summed E-state index contributed by atoms with van der Waals surface area (Å²) < 4.78 is 5.68. The molecule has 0 spiro atoms. The molecule has 0 radical (unpaired) electrons. The molecule has 0 saturated carbocycles. The van der Waals surface area contributed by atoms with E-state index in [1.165, 1.54) is 11.1 Å². The highest BCUT2D eigenvalue weighted by atomic mass is 16.3. The van der Waals surface area contributed by atoms with Crippen molar-refractivity contribution in [1.29, 1.82) is 0 Å². The topological polar surface area (TPSA) is 29.3 Å². The van der Waals surface area contributed by atoms with Crippen LogP contribution in [0.2, 0.25) is 0 Å². The van der Waals surface area contributed by atoms with Crippen molar-refractivity contribution in [2.45, 2.75) is 26.4 Å². The average Bonchev–Trinajstić information content (AvgIpc) is 3.03. The molecule has 0 N–H and O–H groups in total. The van der Waals surface area contributed by atoms with E-state index in [4.69, 9.17) is 4.42 Å². The van der Waals surface area contributed by atoms with Crippen LogP contribution in [0, 0.1) is 6.92 Å². The van der Waals surface area contributed by atoms with Crippen molar-refractivity contribution in [2.75, 3.05) is 7.05 Å². The summed E-state index contributed by atoms with van der Waals surface area (Å²) in [5.74, 6) is 0.693. The molecule has 23 heavy (non-hydrogen) atoms. The quantitative estimate of drug-likeness (QED) is 0.675. The minimum atomic E-state index is 0.329. The first-order valence-corrected chi connectivity index (χ1v) is 7.90. The van der Waals surface area contributed by atoms with Gasteiger partial charge >= 0.3 is 0 Å². The maximum Gasteiger partial charge on any atom is 0.226 e. The van der Waals surface area contributed by atoms with Gasteiger partial charge in [-0.3, -0.25) is 4.90 Å². The Labute approximate surface area is 137 Å². The highest BCUT2D eigenvalue weighted by molar-refractivity contribution is 5.58. The third-order valence-electron chi connectivity index (χ3n) is 4.28. The lowest BCUT2D eigenvalue weighted by atomic mass is 10.1. The normalized spacial score (nSPS) is 12.5. The van der Waals surface area contributed by atoms with Gasteiger partial charge in [0.05, 0.1) is 5.69 Å². The van der Waals surface area contributed by atoms with Gasteiger partial charge in [-0.15, -0.1) is 0 Å². The van der Waals surface area contributed by atoms with Crippen molar-refractivity contribution in [3.05, 3.63) is 77.7 Å². The highest BCUT2D eigenvalue weighted by Gasteiger charge is 2.15. The lowest BCUT2D eigenvalue weighted by molar-refractivity contribution is 0.250. The second-order valence-electron chi connectivity index (χ2n) is 5.96. The van der Waals surface area contributed by atoms with Gasteiger partial charge in [0.2, 0.25) is 5.89 Å². The van der Waals surface area contributed by atoms with Gasteiger partial charge < -0.3 is 4.42 Å². The van der Waals surface area contributed by atoms with Gasteiger partial charge in [0.25, 0.3) is 0 Å². The van der Waals surface area contributed by atoms with Gasteiger partial charge in [0.15, 0.2) is 0 Å². The predicted octanol–water partition coefficient (Wildman–Crippen LogP) is 4.84. The molecule has 0 saturated heterocycles. The minimum absolute atomic E-state index is 0.329. The Morgan fingerprint density at radius 3 is 2.48 bits per heavy atom. The zero-order valence-electron chi connectivity index (χ0n) is 13.9. The monoisotopic (exact) mass is 306 g/mol. The molecule has 0 aliphatic rings. The fourth-order valence-corrected chi connectivity index (χ4v) is 2.69. The average molecular weight is 306 g/mol. The molecule has 0 amide bonds. The van der Waals surface area contributed by atoms with Crippen LogP contribution < -0.4 is 0 Å². The lowest BCUT2D eigenvalue weighted by Gasteiger charge is -2.24. The number of aromatic nitrogens is 1. The number of hydrogen-bond donors (Lipinski definition) is 0. The van der Waals surface area contributed by atoms with Gasteiger partial charge in [0.1, 0.15) is 6.26 Å². The smallest absolute Gasteiger partial charge is 0.226 e. The second-order valence-corrected chi connectivity index (χ2v) is 5.96. The maximum absolute atomic E-state index is 5.68. The summed E-state index contributed by atoms with van der Waals surface area (Å²) >= 11 is 0. The van der Waals surface area contributed by atoms with Crippen molar-refractivity contribution >= 4 is 0 Å². The Bertz CT molecular complexity index is 764. The van der Waals surface area contributed by atoms with E-state index in [-0.39, 0.29) is 0 Å². The molecule has 0 aliphatic heterocycles. The molecular formula is C20H22N2O. The van der Waals surface area contributed by atoms with Gasteiger partial charge in [-0.25, -0.2) is 4.98 Å². The highest BCUT2D eigenvalue weighted by Crippen LogP contribution is 2.24. The number of aryl methyl sites for hydroxylation is 1. The molecule has 0 bridgehead atoms. The fraction of sp³-hybridized carbons (Fsp3) is 0.250. The van der Waals surface area contributed by atoms with E-state index in [1.54, 1.807) is 6.26 Å². The van der Waals surface area contributed by atoms with E-state index in [0.717, 1.165) is 17.8 Å². The van der Waals surface area contributed by atoms with E-state index in [0.29, 0.717) is 11.9 Å². The third kappa shape index (κ3) is 3.51. The lowest BCUT2D eigenvalue weighted by Crippen LogP contribution is -2.22. The first-order valence-electron chi connectivity index (χ1n) is 7.90. The van der Waals surface area contributed by atoms with E-state index in [1.807, 2.05) is 24.3 Å². The van der Waals surface area contributed by atoms with Crippen LogP contribution in [0.4, 0.5) is 0 Å². The van der Waals surface area contributed by atoms with Crippen LogP contribution in [0.3, 0.4) is 0 Å². The summed E-state index contributed by atoms with van der Waals surface area (Å²) in [6.07, 6.45) is 1.76. The molecule has 3 aromatic rings. The molecule has 1 unspecified atom stereocenters. The second kappa shape index (κ2) is 6.80. The zero-order valence-corrected chi connectivity index (χ0v) is 13.9. The number of hydrogen-bond acceptors (Lipinski definition) is 3. The van der Waals surface area contributed by atoms with Gasteiger partial charge in [-0.2, -0.15) is 0 Å². The summed E-state index contributed by atoms with van der Waals surface area (Å²) in [4.78, 5) is 6.92. The third-order valence-corrected chi connectivity index (χ3v) is 4.28. The van der Waals surface area contributed by atoms with Crippen molar-refractivity contribution in [1.82, 2.24) is 9.88 Å². The van der Waals surface area contributed by atoms with Gasteiger partial charge in [0, 0.05) is 18.2 Å². The van der Waals surface area contributed by atoms with Crippen LogP contribution in [0.15, 0.2) is 65.3 Å². The molecule has 0 fully saturated rings. The Kier molecular flexibility index (Phi) is 4.58. The molecule has 3 nitrogen and oxygen atoms in total. The Balaban J connectivity index is 1.73. The maximum atomic E-state index is 5.68. The summed E-state index contributed by atoms with van der Waals surface area (Å²) in [5, 5.41) is 0. The Morgan fingerprint density at radius 1 is 1.04 bits per heavy atom. The van der Waals surface area contributed by atoms with Crippen molar-refractivity contribution in [2.24, 2.45) is 0 Å². The van der Waals surface area contributed by atoms with Crippen LogP contribution in [0.1, 0.15) is 29.8 Å². The van der Waals surface area contributed by atoms with E-state index >= 15 is 0 Å². The van der Waals surface area contributed by atoms with Gasteiger partial charge in [-0.05, 0) is 38.1 Å². The standard InChI is InChI=1S/C20H22N2O/c1-15-9-7-8-12-19(15)20-21-18(14-23-20)13-22(3)16(2)17-10-5-4-6-11-17/h4-12,14,16H,13H2,1-3H3. The largest absolute Gasteiger partial charge is 0.444 e. The molecule has 118 valence electrons. The van der Waals surface area contributed by atoms with Crippen molar-refractivity contribution < 1.29 is 4.42 Å². The number of oxazole rings is 1. The van der Waals surface area contributed by atoms with Crippen molar-refractivity contribution in [3.8, 4) is 11.5 Å². The molecule has 0 aliphatic carbocycles. The van der Waals surface area contributed by atoms with Crippen LogP contribution in [0.25, 0.3) is 11.5 Å². The van der Waals surface area contributed by atoms with E-state index in [2.05, 4.69) is 61.1 Å². The first-order chi connectivity index (χ1) is 11.1. The Hall–Kier alpha value is -2.39. The number of nitrogens with zero attached hydrogens (tertiary/aromatic N) is 2. The molecule has 3 rings (SSSR count). The zero-order chi connectivity index (χ0) is 16.2. The molecule has 1 aromatic heterocycles. The predicted molar refractivity (Wildman–Crippen MR) is 93.0 cm³/mol. The van der Waals surface area contributed by atoms with Crippen LogP contribution in [-0.2, 0) is 6.54 Å². The van der Waals surface area contributed by atoms with Gasteiger partial charge in [-0.1, -0.05) is 48.5 Å². The Morgan fingerprint density at radius 2 is 1.74 bits per heavy atom. The summed E-state index contributed by atoms with van der Waals surface area (Å²) in [7, 11) is 2.11. The SMILES string of the molecule is Cc1ccccc1-c1nc(CN(C)C(C)c2ccccc2)co1. The van der Waals surface area contributed by atoms with E-state index in [9.17, 15) is 0 Å². The summed E-state index contributed by atoms with van der Waals surface area (Å²) in [5.41, 5.74) is 4.48.